The molecule has 1 fully saturated rings. The van der Waals surface area contributed by atoms with Crippen molar-refractivity contribution in [2.45, 2.75) is 25.8 Å². The maximum Gasteiger partial charge on any atom is 0.229 e. The van der Waals surface area contributed by atoms with Crippen molar-refractivity contribution in [2.75, 3.05) is 31.1 Å². The highest BCUT2D eigenvalue weighted by atomic mass is 127. The maximum absolute atomic E-state index is 11.6. The number of aliphatic imine (C=N–C) groups is 1. The fourth-order valence-corrected chi connectivity index (χ4v) is 4.38. The topological polar surface area (TPSA) is 73.8 Å². The Morgan fingerprint density at radius 2 is 1.70 bits per heavy atom. The molecule has 0 unspecified atom stereocenters. The molecule has 164 valence electrons. The number of nitrogens with one attached hydrogen (secondary N) is 2. The number of nitrogens with zero attached hydrogens (tertiary/aromatic N) is 2. The van der Waals surface area contributed by atoms with Crippen LogP contribution in [0.15, 0.2) is 59.6 Å². The molecule has 1 heterocycles. The van der Waals surface area contributed by atoms with Crippen LogP contribution >= 0.6 is 24.0 Å². The second-order valence-corrected chi connectivity index (χ2v) is 9.30. The number of halogens is 1. The maximum atomic E-state index is 11.6. The molecule has 2 aromatic rings. The van der Waals surface area contributed by atoms with Crippen LogP contribution in [0.25, 0.3) is 0 Å². The molecule has 30 heavy (non-hydrogen) atoms. The van der Waals surface area contributed by atoms with E-state index in [0.717, 1.165) is 50.1 Å². The van der Waals surface area contributed by atoms with Gasteiger partial charge in [-0.1, -0.05) is 48.5 Å². The lowest BCUT2D eigenvalue weighted by atomic mass is 9.90. The highest BCUT2D eigenvalue weighted by Gasteiger charge is 2.21. The van der Waals surface area contributed by atoms with Crippen LogP contribution in [0, 0.1) is 5.92 Å². The van der Waals surface area contributed by atoms with E-state index in [1.807, 2.05) is 18.2 Å². The van der Waals surface area contributed by atoms with E-state index in [1.54, 1.807) is 13.1 Å². The van der Waals surface area contributed by atoms with Crippen molar-refractivity contribution in [1.82, 2.24) is 10.2 Å². The predicted octanol–water partition coefficient (Wildman–Crippen LogP) is 3.71. The van der Waals surface area contributed by atoms with Gasteiger partial charge in [0.15, 0.2) is 5.96 Å². The summed E-state index contributed by atoms with van der Waals surface area (Å²) in [7, 11) is -1.52. The summed E-state index contributed by atoms with van der Waals surface area (Å²) in [6.45, 7) is 2.45. The molecule has 0 atom stereocenters. The van der Waals surface area contributed by atoms with Crippen molar-refractivity contribution in [1.29, 1.82) is 0 Å². The average Bonchev–Trinajstić information content (AvgIpc) is 2.70. The molecule has 0 radical (unpaired) electrons. The van der Waals surface area contributed by atoms with Crippen LogP contribution in [0.5, 0.6) is 0 Å². The number of rotatable bonds is 6. The summed E-state index contributed by atoms with van der Waals surface area (Å²) >= 11 is 0. The fraction of sp³-hybridized carbons (Fsp3) is 0.409. The van der Waals surface area contributed by atoms with Gasteiger partial charge in [-0.25, -0.2) is 8.42 Å². The van der Waals surface area contributed by atoms with Crippen molar-refractivity contribution < 1.29 is 8.42 Å². The van der Waals surface area contributed by atoms with Crippen molar-refractivity contribution in [3.05, 3.63) is 65.7 Å². The lowest BCUT2D eigenvalue weighted by molar-refractivity contribution is 0.259. The molecule has 0 aromatic heterocycles. The van der Waals surface area contributed by atoms with Crippen LogP contribution in [-0.2, 0) is 23.0 Å². The first-order valence-electron chi connectivity index (χ1n) is 10.00. The number of guanidine groups is 1. The van der Waals surface area contributed by atoms with E-state index in [1.165, 1.54) is 5.56 Å². The monoisotopic (exact) mass is 542 g/mol. The Bertz CT molecular complexity index is 927. The zero-order valence-corrected chi connectivity index (χ0v) is 20.7. The Hall–Kier alpha value is -1.81. The molecular formula is C22H31IN4O2S. The second-order valence-electron chi connectivity index (χ2n) is 7.55. The number of hydrogen-bond donors (Lipinski definition) is 2. The highest BCUT2D eigenvalue weighted by Crippen LogP contribution is 2.22. The van der Waals surface area contributed by atoms with Gasteiger partial charge in [-0.2, -0.15) is 0 Å². The number of sulfonamides is 1. The lowest BCUT2D eigenvalue weighted by Gasteiger charge is -2.34. The molecule has 0 amide bonds. The standard InChI is InChI=1S/C22H30N4O2S.HI/c1-23-22(24-17-20-10-6-7-11-21(20)25-29(2,27)28)26-14-12-19(13-15-26)16-18-8-4-3-5-9-18;/h3-11,19,25H,12-17H2,1-2H3,(H,23,24);1H. The third-order valence-electron chi connectivity index (χ3n) is 5.24. The van der Waals surface area contributed by atoms with E-state index in [9.17, 15) is 8.42 Å². The van der Waals surface area contributed by atoms with Gasteiger partial charge < -0.3 is 10.2 Å². The summed E-state index contributed by atoms with van der Waals surface area (Å²) in [5.41, 5.74) is 2.89. The molecule has 6 nitrogen and oxygen atoms in total. The largest absolute Gasteiger partial charge is 0.352 e. The Morgan fingerprint density at radius 1 is 1.07 bits per heavy atom. The Balaban J connectivity index is 0.00000320. The third kappa shape index (κ3) is 7.46. The summed E-state index contributed by atoms with van der Waals surface area (Å²) in [5, 5.41) is 3.39. The minimum atomic E-state index is -3.31. The molecule has 0 spiro atoms. The van der Waals surface area contributed by atoms with Crippen LogP contribution in [0.4, 0.5) is 5.69 Å². The first kappa shape index (κ1) is 24.5. The quantitative estimate of drug-likeness (QED) is 0.332. The SMILES string of the molecule is CN=C(NCc1ccccc1NS(C)(=O)=O)N1CCC(Cc2ccccc2)CC1.I. The van der Waals surface area contributed by atoms with Crippen LogP contribution in [0.3, 0.4) is 0 Å². The first-order chi connectivity index (χ1) is 13.9. The van der Waals surface area contributed by atoms with Gasteiger partial charge in [-0.3, -0.25) is 9.71 Å². The molecule has 1 saturated heterocycles. The summed E-state index contributed by atoms with van der Waals surface area (Å²) in [5.74, 6) is 1.56. The van der Waals surface area contributed by atoms with Crippen LogP contribution in [0.2, 0.25) is 0 Å². The Labute approximate surface area is 197 Å². The lowest BCUT2D eigenvalue weighted by Crippen LogP contribution is -2.45. The van der Waals surface area contributed by atoms with Gasteiger partial charge in [-0.15, -0.1) is 24.0 Å². The smallest absolute Gasteiger partial charge is 0.229 e. The minimum absolute atomic E-state index is 0. The van der Waals surface area contributed by atoms with E-state index in [2.05, 4.69) is 50.3 Å². The number of benzene rings is 2. The molecule has 0 aliphatic carbocycles. The number of likely N-dealkylation sites (tertiary alicyclic amines) is 1. The van der Waals surface area contributed by atoms with Gasteiger partial charge in [0.25, 0.3) is 0 Å². The minimum Gasteiger partial charge on any atom is -0.352 e. The third-order valence-corrected chi connectivity index (χ3v) is 5.83. The molecule has 0 saturated carbocycles. The average molecular weight is 542 g/mol. The van der Waals surface area contributed by atoms with Crippen molar-refractivity contribution in [2.24, 2.45) is 10.9 Å². The molecule has 2 aromatic carbocycles. The molecule has 2 N–H and O–H groups in total. The Morgan fingerprint density at radius 3 is 2.33 bits per heavy atom. The number of hydrogen-bond acceptors (Lipinski definition) is 3. The van der Waals surface area contributed by atoms with Crippen LogP contribution < -0.4 is 10.0 Å². The normalized spacial score (nSPS) is 15.4. The number of piperidine rings is 1. The predicted molar refractivity (Wildman–Crippen MR) is 135 cm³/mol. The molecular weight excluding hydrogens is 511 g/mol. The fourth-order valence-electron chi connectivity index (χ4n) is 3.78. The second kappa shape index (κ2) is 11.5. The van der Waals surface area contributed by atoms with Crippen LogP contribution in [-0.4, -0.2) is 45.7 Å². The van der Waals surface area contributed by atoms with E-state index in [0.29, 0.717) is 18.2 Å². The van der Waals surface area contributed by atoms with E-state index >= 15 is 0 Å². The van der Waals surface area contributed by atoms with Crippen LogP contribution in [0.1, 0.15) is 24.0 Å². The van der Waals surface area contributed by atoms with E-state index < -0.39 is 10.0 Å². The zero-order valence-electron chi connectivity index (χ0n) is 17.5. The summed E-state index contributed by atoms with van der Waals surface area (Å²) < 4.78 is 25.8. The van der Waals surface area contributed by atoms with Crippen molar-refractivity contribution >= 4 is 45.6 Å². The number of para-hydroxylation sites is 1. The summed E-state index contributed by atoms with van der Waals surface area (Å²) in [6, 6.07) is 18.1. The van der Waals surface area contributed by atoms with Gasteiger partial charge >= 0.3 is 0 Å². The van der Waals surface area contributed by atoms with Gasteiger partial charge in [0.2, 0.25) is 10.0 Å². The highest BCUT2D eigenvalue weighted by molar-refractivity contribution is 14.0. The van der Waals surface area contributed by atoms with Crippen molar-refractivity contribution in [3.8, 4) is 0 Å². The van der Waals surface area contributed by atoms with E-state index in [4.69, 9.17) is 0 Å². The molecule has 1 aliphatic rings. The zero-order chi connectivity index (χ0) is 20.7. The van der Waals surface area contributed by atoms with E-state index in [-0.39, 0.29) is 24.0 Å². The molecule has 3 rings (SSSR count). The van der Waals surface area contributed by atoms with Gasteiger partial charge in [-0.05, 0) is 42.4 Å². The molecule has 8 heteroatoms. The summed E-state index contributed by atoms with van der Waals surface area (Å²) in [4.78, 5) is 6.72. The summed E-state index contributed by atoms with van der Waals surface area (Å²) in [6.07, 6.45) is 4.57. The first-order valence-corrected chi connectivity index (χ1v) is 11.9. The van der Waals surface area contributed by atoms with Crippen molar-refractivity contribution in [3.63, 3.8) is 0 Å². The molecule has 1 aliphatic heterocycles. The van der Waals surface area contributed by atoms with Gasteiger partial charge in [0.05, 0.1) is 11.9 Å². The molecule has 0 bridgehead atoms. The van der Waals surface area contributed by atoms with Gasteiger partial charge in [0.1, 0.15) is 0 Å². The van der Waals surface area contributed by atoms with Gasteiger partial charge in [0, 0.05) is 26.7 Å². The Kier molecular flexibility index (Phi) is 9.41. The number of anilines is 1.